The van der Waals surface area contributed by atoms with Crippen molar-refractivity contribution in [1.82, 2.24) is 15.0 Å². The molecule has 0 saturated heterocycles. The molecule has 6 heteroatoms. The van der Waals surface area contributed by atoms with Crippen LogP contribution >= 0.6 is 11.6 Å². The normalized spacial score (nSPS) is 16.3. The van der Waals surface area contributed by atoms with Gasteiger partial charge in [0.25, 0.3) is 0 Å². The van der Waals surface area contributed by atoms with Crippen molar-refractivity contribution in [2.24, 2.45) is 0 Å². The summed E-state index contributed by atoms with van der Waals surface area (Å²) in [5.74, 6) is 0.872. The minimum Gasteiger partial charge on any atom is -0.340 e. The van der Waals surface area contributed by atoms with Gasteiger partial charge in [-0.25, -0.2) is 0 Å². The fraction of sp³-hybridized carbons (Fsp3) is 0.286. The lowest BCUT2D eigenvalue weighted by Gasteiger charge is -2.38. The number of hydrogen-bond donors (Lipinski definition) is 0. The van der Waals surface area contributed by atoms with E-state index in [-0.39, 0.29) is 18.4 Å². The Bertz CT molecular complexity index is 981. The molecular weight excluding hydrogens is 362 g/mol. The number of fused-ring (bicyclic) bond motifs is 1. The van der Waals surface area contributed by atoms with E-state index in [0.29, 0.717) is 23.3 Å². The first kappa shape index (κ1) is 17.7. The first-order chi connectivity index (χ1) is 13.0. The summed E-state index contributed by atoms with van der Waals surface area (Å²) in [5, 5.41) is 4.55. The Hall–Kier alpha value is -2.66. The number of hydrogen-bond acceptors (Lipinski definition) is 4. The molecule has 0 N–H and O–H groups in total. The highest BCUT2D eigenvalue weighted by molar-refractivity contribution is 6.30. The largest absolute Gasteiger partial charge is 0.340 e. The number of amides is 1. The zero-order valence-corrected chi connectivity index (χ0v) is 16.0. The number of nitrogens with zero attached hydrogens (tertiary/aromatic N) is 3. The SMILES string of the molecule is Cc1ccc2c(c1)C(c1ccc(Cl)cc1)N(C(=O)Cc1noc(C)n1)CC2. The van der Waals surface area contributed by atoms with Gasteiger partial charge in [-0.05, 0) is 42.2 Å². The van der Waals surface area contributed by atoms with E-state index in [4.69, 9.17) is 16.1 Å². The highest BCUT2D eigenvalue weighted by atomic mass is 35.5. The smallest absolute Gasteiger partial charge is 0.231 e. The van der Waals surface area contributed by atoms with Gasteiger partial charge in [0.05, 0.1) is 12.5 Å². The van der Waals surface area contributed by atoms with Crippen molar-refractivity contribution in [3.63, 3.8) is 0 Å². The number of benzene rings is 2. The Morgan fingerprint density at radius 2 is 2.00 bits per heavy atom. The highest BCUT2D eigenvalue weighted by Crippen LogP contribution is 2.36. The first-order valence-corrected chi connectivity index (χ1v) is 9.32. The summed E-state index contributed by atoms with van der Waals surface area (Å²) in [4.78, 5) is 19.2. The molecule has 1 aliphatic heterocycles. The molecule has 1 aliphatic rings. The third-order valence-corrected chi connectivity index (χ3v) is 5.17. The topological polar surface area (TPSA) is 59.2 Å². The number of aryl methyl sites for hydroxylation is 2. The van der Waals surface area contributed by atoms with E-state index in [1.165, 1.54) is 16.7 Å². The maximum Gasteiger partial charge on any atom is 0.231 e. The second kappa shape index (κ2) is 7.16. The zero-order valence-electron chi connectivity index (χ0n) is 15.3. The molecule has 0 saturated carbocycles. The summed E-state index contributed by atoms with van der Waals surface area (Å²) in [6.45, 7) is 4.44. The lowest BCUT2D eigenvalue weighted by Crippen LogP contribution is -2.41. The third kappa shape index (κ3) is 3.60. The van der Waals surface area contributed by atoms with Crippen molar-refractivity contribution in [3.05, 3.63) is 81.5 Å². The molecule has 27 heavy (non-hydrogen) atoms. The van der Waals surface area contributed by atoms with Crippen molar-refractivity contribution in [2.45, 2.75) is 32.7 Å². The van der Waals surface area contributed by atoms with Crippen LogP contribution in [0, 0.1) is 13.8 Å². The summed E-state index contributed by atoms with van der Waals surface area (Å²) in [7, 11) is 0. The Morgan fingerprint density at radius 1 is 1.22 bits per heavy atom. The van der Waals surface area contributed by atoms with Crippen molar-refractivity contribution >= 4 is 17.5 Å². The highest BCUT2D eigenvalue weighted by Gasteiger charge is 2.32. The monoisotopic (exact) mass is 381 g/mol. The van der Waals surface area contributed by atoms with Crippen LogP contribution in [0.4, 0.5) is 0 Å². The number of aromatic nitrogens is 2. The van der Waals surface area contributed by atoms with Gasteiger partial charge in [0.1, 0.15) is 0 Å². The van der Waals surface area contributed by atoms with Gasteiger partial charge in [-0.2, -0.15) is 4.98 Å². The van der Waals surface area contributed by atoms with Crippen LogP contribution in [0.3, 0.4) is 0 Å². The van der Waals surface area contributed by atoms with Crippen LogP contribution in [0.2, 0.25) is 5.02 Å². The standard InChI is InChI=1S/C21H20ClN3O2/c1-13-3-4-15-9-10-25(20(26)12-19-23-14(2)27-24-19)21(18(15)11-13)16-5-7-17(22)8-6-16/h3-8,11,21H,9-10,12H2,1-2H3. The van der Waals surface area contributed by atoms with Gasteiger partial charge >= 0.3 is 0 Å². The van der Waals surface area contributed by atoms with Crippen LogP contribution in [-0.4, -0.2) is 27.5 Å². The quantitative estimate of drug-likeness (QED) is 0.686. The first-order valence-electron chi connectivity index (χ1n) is 8.95. The molecule has 3 aromatic rings. The molecule has 4 rings (SSSR count). The lowest BCUT2D eigenvalue weighted by molar-refractivity contribution is -0.132. The van der Waals surface area contributed by atoms with Gasteiger partial charge in [0.2, 0.25) is 11.8 Å². The van der Waals surface area contributed by atoms with Gasteiger partial charge in [-0.15, -0.1) is 0 Å². The maximum absolute atomic E-state index is 13.1. The molecule has 5 nitrogen and oxygen atoms in total. The van der Waals surface area contributed by atoms with Gasteiger partial charge in [-0.1, -0.05) is 52.7 Å². The van der Waals surface area contributed by atoms with Gasteiger partial charge in [0, 0.05) is 18.5 Å². The minimum atomic E-state index is -0.147. The van der Waals surface area contributed by atoms with Gasteiger partial charge in [-0.3, -0.25) is 4.79 Å². The van der Waals surface area contributed by atoms with Gasteiger partial charge < -0.3 is 9.42 Å². The second-order valence-corrected chi connectivity index (χ2v) is 7.34. The van der Waals surface area contributed by atoms with E-state index in [9.17, 15) is 4.79 Å². The molecule has 0 bridgehead atoms. The van der Waals surface area contributed by atoms with E-state index in [2.05, 4.69) is 35.3 Å². The molecule has 0 fully saturated rings. The number of carbonyl (C=O) groups excluding carboxylic acids is 1. The van der Waals surface area contributed by atoms with Crippen LogP contribution in [0.15, 0.2) is 47.0 Å². The predicted octanol–water partition coefficient (Wildman–Crippen LogP) is 4.06. The average Bonchev–Trinajstić information content (AvgIpc) is 3.06. The molecular formula is C21H20ClN3O2. The molecule has 2 aromatic carbocycles. The third-order valence-electron chi connectivity index (χ3n) is 4.91. The molecule has 0 radical (unpaired) electrons. The van der Waals surface area contributed by atoms with Crippen molar-refractivity contribution in [1.29, 1.82) is 0 Å². The van der Waals surface area contributed by atoms with E-state index in [1.54, 1.807) is 6.92 Å². The molecule has 138 valence electrons. The van der Waals surface area contributed by atoms with Crippen molar-refractivity contribution in [3.8, 4) is 0 Å². The van der Waals surface area contributed by atoms with Crippen molar-refractivity contribution in [2.75, 3.05) is 6.54 Å². The number of halogens is 1. The second-order valence-electron chi connectivity index (χ2n) is 6.90. The minimum absolute atomic E-state index is 0.0112. The summed E-state index contributed by atoms with van der Waals surface area (Å²) in [6.07, 6.45) is 0.958. The number of carbonyl (C=O) groups is 1. The summed E-state index contributed by atoms with van der Waals surface area (Å²) in [6, 6.07) is 14.0. The predicted molar refractivity (Wildman–Crippen MR) is 103 cm³/mol. The van der Waals surface area contributed by atoms with E-state index in [1.807, 2.05) is 29.2 Å². The molecule has 1 aromatic heterocycles. The average molecular weight is 382 g/mol. The Balaban J connectivity index is 1.73. The molecule has 0 spiro atoms. The Labute approximate surface area is 163 Å². The molecule has 0 aliphatic carbocycles. The van der Waals surface area contributed by atoms with Crippen LogP contribution in [0.1, 0.15) is 40.0 Å². The van der Waals surface area contributed by atoms with Gasteiger partial charge in [0.15, 0.2) is 5.82 Å². The molecule has 1 unspecified atom stereocenters. The molecule has 1 atom stereocenters. The summed E-state index contributed by atoms with van der Waals surface area (Å²) >= 11 is 6.08. The maximum atomic E-state index is 13.1. The van der Waals surface area contributed by atoms with Crippen LogP contribution in [-0.2, 0) is 17.6 Å². The Kier molecular flexibility index (Phi) is 4.70. The summed E-state index contributed by atoms with van der Waals surface area (Å²) in [5.41, 5.74) is 4.67. The fourth-order valence-electron chi connectivity index (χ4n) is 3.66. The van der Waals surface area contributed by atoms with E-state index < -0.39 is 0 Å². The van der Waals surface area contributed by atoms with E-state index in [0.717, 1.165) is 12.0 Å². The fourth-order valence-corrected chi connectivity index (χ4v) is 3.78. The van der Waals surface area contributed by atoms with Crippen LogP contribution in [0.25, 0.3) is 0 Å². The molecule has 2 heterocycles. The summed E-state index contributed by atoms with van der Waals surface area (Å²) < 4.78 is 5.00. The lowest BCUT2D eigenvalue weighted by atomic mass is 9.87. The van der Waals surface area contributed by atoms with Crippen LogP contribution < -0.4 is 0 Å². The zero-order chi connectivity index (χ0) is 19.0. The van der Waals surface area contributed by atoms with Crippen molar-refractivity contribution < 1.29 is 9.32 Å². The van der Waals surface area contributed by atoms with Crippen LogP contribution in [0.5, 0.6) is 0 Å². The molecule has 1 amide bonds. The van der Waals surface area contributed by atoms with E-state index >= 15 is 0 Å². The number of rotatable bonds is 3. The Morgan fingerprint density at radius 3 is 2.70 bits per heavy atom.